The number of piperidine rings is 1. The molecule has 0 aliphatic carbocycles. The minimum Gasteiger partial charge on any atom is -0.379 e. The maximum atomic E-state index is 13.4. The highest BCUT2D eigenvalue weighted by Crippen LogP contribution is 2.44. The van der Waals surface area contributed by atoms with E-state index in [0.717, 1.165) is 0 Å². The summed E-state index contributed by atoms with van der Waals surface area (Å²) in [5.74, 6) is -0.545. The summed E-state index contributed by atoms with van der Waals surface area (Å²) < 4.78 is 45.3. The van der Waals surface area contributed by atoms with E-state index in [-0.39, 0.29) is 38.1 Å². The van der Waals surface area contributed by atoms with Crippen LogP contribution in [0, 0.1) is 11.3 Å². The van der Waals surface area contributed by atoms with Crippen molar-refractivity contribution in [3.05, 3.63) is 0 Å². The zero-order valence-electron chi connectivity index (χ0n) is 11.8. The van der Waals surface area contributed by atoms with Gasteiger partial charge in [-0.25, -0.2) is 0 Å². The molecule has 2 aliphatic heterocycles. The number of hydrogen-bond donors (Lipinski definition) is 1. The average Bonchev–Trinajstić information content (AvgIpc) is 2.88. The molecule has 0 saturated carbocycles. The minimum absolute atomic E-state index is 0.182. The second kappa shape index (κ2) is 5.52. The highest BCUT2D eigenvalue weighted by molar-refractivity contribution is 5.84. The fourth-order valence-electron chi connectivity index (χ4n) is 3.07. The number of halogens is 3. The van der Waals surface area contributed by atoms with Gasteiger partial charge in [-0.3, -0.25) is 4.79 Å². The number of nitrogens with zero attached hydrogens (tertiary/aromatic N) is 1. The molecule has 2 aliphatic rings. The van der Waals surface area contributed by atoms with Crippen molar-refractivity contribution >= 4 is 5.91 Å². The highest BCUT2D eigenvalue weighted by Gasteiger charge is 2.62. The van der Waals surface area contributed by atoms with Crippen LogP contribution < -0.4 is 5.32 Å². The molecule has 0 aromatic heterocycles. The van der Waals surface area contributed by atoms with Gasteiger partial charge in [0.1, 0.15) is 0 Å². The number of carbonyl (C=O) groups excluding carboxylic acids is 1. The Morgan fingerprint density at radius 3 is 2.65 bits per heavy atom. The van der Waals surface area contributed by atoms with Gasteiger partial charge in [0, 0.05) is 26.7 Å². The molecule has 0 radical (unpaired) electrons. The van der Waals surface area contributed by atoms with Crippen molar-refractivity contribution in [1.82, 2.24) is 10.2 Å². The summed E-state index contributed by atoms with van der Waals surface area (Å²) in [4.78, 5) is 13.8. The summed E-state index contributed by atoms with van der Waals surface area (Å²) >= 11 is 0. The van der Waals surface area contributed by atoms with Gasteiger partial charge in [-0.15, -0.1) is 0 Å². The normalized spacial score (nSPS) is 35.4. The van der Waals surface area contributed by atoms with Crippen LogP contribution in [0.15, 0.2) is 0 Å². The molecule has 116 valence electrons. The third kappa shape index (κ3) is 2.53. The van der Waals surface area contributed by atoms with E-state index in [1.54, 1.807) is 0 Å². The number of methoxy groups -OCH3 is 1. The Bertz CT molecular complexity index is 367. The first kappa shape index (κ1) is 15.6. The molecule has 2 heterocycles. The van der Waals surface area contributed by atoms with Crippen molar-refractivity contribution in [3.8, 4) is 0 Å². The number of alkyl halides is 3. The molecule has 1 N–H and O–H groups in total. The molecule has 3 unspecified atom stereocenters. The molecule has 0 aromatic carbocycles. The summed E-state index contributed by atoms with van der Waals surface area (Å²) in [6.07, 6.45) is -4.21. The smallest absolute Gasteiger partial charge is 0.379 e. The number of rotatable bonds is 2. The van der Waals surface area contributed by atoms with Gasteiger partial charge in [-0.05, 0) is 25.3 Å². The molecule has 0 bridgehead atoms. The van der Waals surface area contributed by atoms with Crippen molar-refractivity contribution in [2.75, 3.05) is 33.3 Å². The molecule has 0 aromatic rings. The number of amides is 1. The van der Waals surface area contributed by atoms with Crippen LogP contribution >= 0.6 is 0 Å². The summed E-state index contributed by atoms with van der Waals surface area (Å²) in [6.45, 7) is 2.51. The number of likely N-dealkylation sites (tertiary alicyclic amines) is 1. The summed E-state index contributed by atoms with van der Waals surface area (Å²) in [5, 5.41) is 2.67. The van der Waals surface area contributed by atoms with E-state index in [1.807, 2.05) is 6.92 Å². The highest BCUT2D eigenvalue weighted by atomic mass is 19.4. The van der Waals surface area contributed by atoms with E-state index in [1.165, 1.54) is 12.0 Å². The van der Waals surface area contributed by atoms with Crippen LogP contribution in [0.25, 0.3) is 0 Å². The largest absolute Gasteiger partial charge is 0.404 e. The lowest BCUT2D eigenvalue weighted by Crippen LogP contribution is -2.57. The SMILES string of the molecule is COC1CN(C(=O)C2(C(F)(F)F)CCNC2)CCC1C. The van der Waals surface area contributed by atoms with Gasteiger partial charge in [0.15, 0.2) is 5.41 Å². The molecule has 3 atom stereocenters. The van der Waals surface area contributed by atoms with Crippen LogP contribution in [0.4, 0.5) is 13.2 Å². The maximum absolute atomic E-state index is 13.4. The van der Waals surface area contributed by atoms with Crippen LogP contribution in [0.3, 0.4) is 0 Å². The predicted octanol–water partition coefficient (Wildman–Crippen LogP) is 1.41. The number of ether oxygens (including phenoxy) is 1. The van der Waals surface area contributed by atoms with Crippen molar-refractivity contribution in [3.63, 3.8) is 0 Å². The first-order valence-electron chi connectivity index (χ1n) is 6.91. The van der Waals surface area contributed by atoms with Gasteiger partial charge in [0.05, 0.1) is 6.10 Å². The number of nitrogens with one attached hydrogen (secondary N) is 1. The second-order valence-corrected chi connectivity index (χ2v) is 5.80. The van der Waals surface area contributed by atoms with Crippen molar-refractivity contribution < 1.29 is 22.7 Å². The lowest BCUT2D eigenvalue weighted by molar-refractivity contribution is -0.223. The molecule has 2 fully saturated rings. The van der Waals surface area contributed by atoms with E-state index >= 15 is 0 Å². The number of carbonyl (C=O) groups is 1. The van der Waals surface area contributed by atoms with Gasteiger partial charge in [-0.1, -0.05) is 6.92 Å². The molecule has 2 rings (SSSR count). The van der Waals surface area contributed by atoms with E-state index < -0.39 is 17.5 Å². The molecule has 20 heavy (non-hydrogen) atoms. The van der Waals surface area contributed by atoms with Gasteiger partial charge in [0.2, 0.25) is 5.91 Å². The van der Waals surface area contributed by atoms with Gasteiger partial charge in [-0.2, -0.15) is 13.2 Å². The van der Waals surface area contributed by atoms with Crippen LogP contribution in [0.5, 0.6) is 0 Å². The molecule has 0 spiro atoms. The summed E-state index contributed by atoms with van der Waals surface area (Å²) in [6, 6.07) is 0. The first-order valence-corrected chi connectivity index (χ1v) is 6.91. The summed E-state index contributed by atoms with van der Waals surface area (Å²) in [5.41, 5.74) is -2.26. The van der Waals surface area contributed by atoms with Gasteiger partial charge in [0.25, 0.3) is 0 Å². The van der Waals surface area contributed by atoms with Crippen molar-refractivity contribution in [1.29, 1.82) is 0 Å². The van der Waals surface area contributed by atoms with E-state index in [2.05, 4.69) is 5.32 Å². The third-order valence-electron chi connectivity index (χ3n) is 4.59. The zero-order chi connectivity index (χ0) is 15.0. The molecule has 1 amide bonds. The Morgan fingerprint density at radius 2 is 2.15 bits per heavy atom. The fourth-order valence-corrected chi connectivity index (χ4v) is 3.07. The molecule has 2 saturated heterocycles. The van der Waals surface area contributed by atoms with Crippen LogP contribution in [-0.4, -0.2) is 56.4 Å². The third-order valence-corrected chi connectivity index (χ3v) is 4.59. The quantitative estimate of drug-likeness (QED) is 0.837. The maximum Gasteiger partial charge on any atom is 0.404 e. The summed E-state index contributed by atoms with van der Waals surface area (Å²) in [7, 11) is 1.53. The Labute approximate surface area is 116 Å². The Kier molecular flexibility index (Phi) is 4.30. The van der Waals surface area contributed by atoms with Crippen molar-refractivity contribution in [2.24, 2.45) is 11.3 Å². The fraction of sp³-hybridized carbons (Fsp3) is 0.923. The van der Waals surface area contributed by atoms with Crippen molar-refractivity contribution in [2.45, 2.75) is 32.0 Å². The minimum atomic E-state index is -4.51. The van der Waals surface area contributed by atoms with Crippen LogP contribution in [0.2, 0.25) is 0 Å². The van der Waals surface area contributed by atoms with Gasteiger partial charge < -0.3 is 15.0 Å². The number of hydrogen-bond acceptors (Lipinski definition) is 3. The Hall–Kier alpha value is -0.820. The monoisotopic (exact) mass is 294 g/mol. The van der Waals surface area contributed by atoms with E-state index in [9.17, 15) is 18.0 Å². The molecular formula is C13H21F3N2O2. The Balaban J connectivity index is 2.17. The predicted molar refractivity (Wildman–Crippen MR) is 67.1 cm³/mol. The Morgan fingerprint density at radius 1 is 1.45 bits per heavy atom. The zero-order valence-corrected chi connectivity index (χ0v) is 11.8. The second-order valence-electron chi connectivity index (χ2n) is 5.80. The standard InChI is InChI=1S/C13H21F3N2O2/c1-9-3-6-18(7-10(9)20-2)11(19)12(13(14,15)16)4-5-17-8-12/h9-10,17H,3-8H2,1-2H3. The van der Waals surface area contributed by atoms with E-state index in [0.29, 0.717) is 13.0 Å². The lowest BCUT2D eigenvalue weighted by Gasteiger charge is -2.41. The lowest BCUT2D eigenvalue weighted by atomic mass is 9.83. The average molecular weight is 294 g/mol. The molecule has 4 nitrogen and oxygen atoms in total. The van der Waals surface area contributed by atoms with E-state index in [4.69, 9.17) is 4.74 Å². The topological polar surface area (TPSA) is 41.6 Å². The van der Waals surface area contributed by atoms with Crippen LogP contribution in [0.1, 0.15) is 19.8 Å². The molecule has 7 heteroatoms. The van der Waals surface area contributed by atoms with Gasteiger partial charge >= 0.3 is 6.18 Å². The first-order chi connectivity index (χ1) is 9.32. The molecular weight excluding hydrogens is 273 g/mol. The van der Waals surface area contributed by atoms with Crippen LogP contribution in [-0.2, 0) is 9.53 Å².